The molecule has 0 atom stereocenters. The number of benzene rings is 4. The number of rotatable bonds is 5. The van der Waals surface area contributed by atoms with E-state index in [9.17, 15) is 5.11 Å². The molecule has 0 saturated heterocycles. The van der Waals surface area contributed by atoms with Gasteiger partial charge >= 0.3 is 0 Å². The Bertz CT molecular complexity index is 1230. The van der Waals surface area contributed by atoms with E-state index in [1.165, 1.54) is 10.4 Å². The predicted molar refractivity (Wildman–Crippen MR) is 137 cm³/mol. The Balaban J connectivity index is 1.38. The molecule has 1 aliphatic carbocycles. The second kappa shape index (κ2) is 8.84. The second-order valence-electron chi connectivity index (χ2n) is 8.54. The van der Waals surface area contributed by atoms with Crippen LogP contribution in [-0.4, -0.2) is 20.0 Å². The van der Waals surface area contributed by atoms with Crippen LogP contribution in [-0.2, 0) is 10.0 Å². The van der Waals surface area contributed by atoms with Gasteiger partial charge in [-0.2, -0.15) is 0 Å². The molecule has 162 valence electrons. The minimum Gasteiger partial charge on any atom is -0.397 e. The van der Waals surface area contributed by atoms with Crippen molar-refractivity contribution in [3.63, 3.8) is 0 Å². The molecule has 0 saturated carbocycles. The van der Waals surface area contributed by atoms with Crippen molar-refractivity contribution in [1.29, 1.82) is 0 Å². The minimum atomic E-state index is -2.38. The molecule has 3 heteroatoms. The fraction of sp³-hybridized carbons (Fsp3) is 0.133. The van der Waals surface area contributed by atoms with E-state index in [4.69, 9.17) is 4.43 Å². The molecule has 5 rings (SSSR count). The Morgan fingerprint density at radius 2 is 1.12 bits per heavy atom. The lowest BCUT2D eigenvalue weighted by atomic mass is 9.88. The fourth-order valence-electron chi connectivity index (χ4n) is 4.76. The fourth-order valence-corrected chi connectivity index (χ4v) is 7.44. The van der Waals surface area contributed by atoms with Gasteiger partial charge in [0.15, 0.2) is 0 Å². The number of hydrogen-bond acceptors (Lipinski definition) is 2. The van der Waals surface area contributed by atoms with Gasteiger partial charge in [0.25, 0.3) is 8.32 Å². The Hall–Kier alpha value is -3.42. The van der Waals surface area contributed by atoms with Crippen LogP contribution in [0.1, 0.15) is 17.5 Å². The maximum atomic E-state index is 11.7. The van der Waals surface area contributed by atoms with Crippen LogP contribution in [0.25, 0.3) is 11.1 Å². The SMILES string of the molecule is C[Si](OCC#CCC1(O)c2ccccc2-c2ccccc21)(c1ccccc1)c1ccccc1. The van der Waals surface area contributed by atoms with Crippen molar-refractivity contribution in [1.82, 2.24) is 0 Å². The average molecular weight is 447 g/mol. The summed E-state index contributed by atoms with van der Waals surface area (Å²) in [5.41, 5.74) is 2.92. The highest BCUT2D eigenvalue weighted by Gasteiger charge is 2.40. The van der Waals surface area contributed by atoms with Crippen molar-refractivity contribution in [2.75, 3.05) is 6.61 Å². The van der Waals surface area contributed by atoms with Crippen molar-refractivity contribution in [3.05, 3.63) is 120 Å². The normalized spacial score (nSPS) is 13.5. The van der Waals surface area contributed by atoms with Gasteiger partial charge in [-0.25, -0.2) is 0 Å². The van der Waals surface area contributed by atoms with Crippen LogP contribution in [0.4, 0.5) is 0 Å². The van der Waals surface area contributed by atoms with Gasteiger partial charge in [-0.15, -0.1) is 0 Å². The van der Waals surface area contributed by atoms with Crippen LogP contribution >= 0.6 is 0 Å². The topological polar surface area (TPSA) is 29.5 Å². The van der Waals surface area contributed by atoms with Gasteiger partial charge in [0.05, 0.1) is 6.61 Å². The van der Waals surface area contributed by atoms with Gasteiger partial charge in [-0.05, 0) is 39.2 Å². The van der Waals surface area contributed by atoms with E-state index in [0.29, 0.717) is 13.0 Å². The van der Waals surface area contributed by atoms with E-state index in [1.54, 1.807) is 0 Å². The van der Waals surface area contributed by atoms with Crippen LogP contribution in [0.2, 0.25) is 6.55 Å². The van der Waals surface area contributed by atoms with E-state index in [2.05, 4.69) is 79.1 Å². The van der Waals surface area contributed by atoms with Gasteiger partial charge < -0.3 is 9.53 Å². The molecular weight excluding hydrogens is 420 g/mol. The third-order valence-corrected chi connectivity index (χ3v) is 10.2. The summed E-state index contributed by atoms with van der Waals surface area (Å²) in [6.45, 7) is 2.54. The molecule has 0 unspecified atom stereocenters. The van der Waals surface area contributed by atoms with Crippen LogP contribution in [0.5, 0.6) is 0 Å². The van der Waals surface area contributed by atoms with Crippen molar-refractivity contribution in [2.45, 2.75) is 18.6 Å². The third kappa shape index (κ3) is 3.83. The molecule has 33 heavy (non-hydrogen) atoms. The minimum absolute atomic E-state index is 0.325. The highest BCUT2D eigenvalue weighted by molar-refractivity contribution is 6.96. The standard InChI is InChI=1S/C30H26O2Si/c1-33(24-14-4-2-5-15-24,25-16-6-3-7-17-25)32-23-13-12-22-30(31)28-20-10-8-18-26(28)27-19-9-11-21-29(27)30/h2-11,14-21,31H,22-23H2,1H3. The van der Waals surface area contributed by atoms with Gasteiger partial charge in [-0.3, -0.25) is 0 Å². The Kier molecular flexibility index (Phi) is 5.74. The summed E-state index contributed by atoms with van der Waals surface area (Å²) in [5.74, 6) is 6.42. The molecule has 0 aliphatic heterocycles. The first-order chi connectivity index (χ1) is 16.1. The van der Waals surface area contributed by atoms with Crippen molar-refractivity contribution < 1.29 is 9.53 Å². The molecule has 4 aromatic rings. The van der Waals surface area contributed by atoms with E-state index < -0.39 is 13.9 Å². The molecule has 2 nitrogen and oxygen atoms in total. The Morgan fingerprint density at radius 1 is 0.667 bits per heavy atom. The molecular formula is C30H26O2Si. The predicted octanol–water partition coefficient (Wildman–Crippen LogP) is 4.70. The summed E-state index contributed by atoms with van der Waals surface area (Å²) in [5, 5.41) is 14.1. The first kappa shape index (κ1) is 21.4. The summed E-state index contributed by atoms with van der Waals surface area (Å²) in [6.07, 6.45) is 0.333. The van der Waals surface area contributed by atoms with Gasteiger partial charge in [0.2, 0.25) is 0 Å². The molecule has 0 heterocycles. The summed E-state index contributed by atoms with van der Waals surface area (Å²) < 4.78 is 6.52. The zero-order valence-electron chi connectivity index (χ0n) is 18.7. The van der Waals surface area contributed by atoms with E-state index in [0.717, 1.165) is 22.3 Å². The molecule has 0 bridgehead atoms. The highest BCUT2D eigenvalue weighted by Crippen LogP contribution is 2.48. The average Bonchev–Trinajstić information content (AvgIpc) is 3.14. The second-order valence-corrected chi connectivity index (χ2v) is 12.0. The third-order valence-electron chi connectivity index (χ3n) is 6.59. The largest absolute Gasteiger partial charge is 0.397 e. The lowest BCUT2D eigenvalue weighted by Crippen LogP contribution is -2.58. The van der Waals surface area contributed by atoms with E-state index >= 15 is 0 Å². The van der Waals surface area contributed by atoms with Gasteiger partial charge in [0, 0.05) is 6.42 Å². The van der Waals surface area contributed by atoms with E-state index in [-0.39, 0.29) is 0 Å². The van der Waals surface area contributed by atoms with Crippen LogP contribution < -0.4 is 10.4 Å². The van der Waals surface area contributed by atoms with Gasteiger partial charge in [-0.1, -0.05) is 121 Å². The molecule has 4 aromatic carbocycles. The van der Waals surface area contributed by atoms with Crippen LogP contribution in [0, 0.1) is 11.8 Å². The van der Waals surface area contributed by atoms with Crippen molar-refractivity contribution in [2.24, 2.45) is 0 Å². The van der Waals surface area contributed by atoms with Gasteiger partial charge in [0.1, 0.15) is 5.60 Å². The van der Waals surface area contributed by atoms with Crippen LogP contribution in [0.3, 0.4) is 0 Å². The lowest BCUT2D eigenvalue weighted by molar-refractivity contribution is 0.0914. The monoisotopic (exact) mass is 446 g/mol. The van der Waals surface area contributed by atoms with E-state index in [1.807, 2.05) is 48.5 Å². The summed E-state index contributed by atoms with van der Waals surface area (Å²) in [6, 6.07) is 37.0. The highest BCUT2D eigenvalue weighted by atomic mass is 28.4. The quantitative estimate of drug-likeness (QED) is 0.356. The van der Waals surface area contributed by atoms with Crippen molar-refractivity contribution in [3.8, 4) is 23.0 Å². The smallest absolute Gasteiger partial charge is 0.254 e. The summed E-state index contributed by atoms with van der Waals surface area (Å²) >= 11 is 0. The first-order valence-electron chi connectivity index (χ1n) is 11.3. The Labute approximate surface area is 196 Å². The maximum Gasteiger partial charge on any atom is 0.254 e. The number of hydrogen-bond donors (Lipinski definition) is 1. The lowest BCUT2D eigenvalue weighted by Gasteiger charge is -2.27. The summed E-state index contributed by atoms with van der Waals surface area (Å²) in [4.78, 5) is 0. The zero-order valence-corrected chi connectivity index (χ0v) is 19.7. The molecule has 0 amide bonds. The Morgan fingerprint density at radius 3 is 1.64 bits per heavy atom. The van der Waals surface area contributed by atoms with Crippen molar-refractivity contribution >= 4 is 18.7 Å². The molecule has 0 spiro atoms. The zero-order chi connectivity index (χ0) is 22.7. The molecule has 1 aliphatic rings. The number of fused-ring (bicyclic) bond motifs is 3. The summed E-state index contributed by atoms with van der Waals surface area (Å²) in [7, 11) is -2.38. The molecule has 0 aromatic heterocycles. The maximum absolute atomic E-state index is 11.7. The first-order valence-corrected chi connectivity index (χ1v) is 13.7. The molecule has 0 radical (unpaired) electrons. The van der Waals surface area contributed by atoms with Crippen LogP contribution in [0.15, 0.2) is 109 Å². The molecule has 0 fully saturated rings. The number of aliphatic hydroxyl groups is 1. The molecule has 1 N–H and O–H groups in total.